The van der Waals surface area contributed by atoms with Crippen molar-refractivity contribution < 1.29 is 4.79 Å². The van der Waals surface area contributed by atoms with E-state index in [0.717, 1.165) is 11.3 Å². The molecule has 0 aliphatic carbocycles. The van der Waals surface area contributed by atoms with Gasteiger partial charge < -0.3 is 10.6 Å². The molecule has 0 bridgehead atoms. The van der Waals surface area contributed by atoms with E-state index in [2.05, 4.69) is 56.5 Å². The summed E-state index contributed by atoms with van der Waals surface area (Å²) in [6.07, 6.45) is 0. The van der Waals surface area contributed by atoms with E-state index in [-0.39, 0.29) is 18.5 Å². The van der Waals surface area contributed by atoms with Gasteiger partial charge in [0.05, 0.1) is 6.54 Å². The second kappa shape index (κ2) is 9.20. The molecule has 140 valence electrons. The van der Waals surface area contributed by atoms with Crippen LogP contribution in [0, 0.1) is 0 Å². The molecule has 0 saturated carbocycles. The Labute approximate surface area is 162 Å². The van der Waals surface area contributed by atoms with Gasteiger partial charge >= 0.3 is 0 Å². The topological polar surface area (TPSA) is 41.1 Å². The van der Waals surface area contributed by atoms with Crippen LogP contribution in [-0.4, -0.2) is 12.5 Å². The fourth-order valence-electron chi connectivity index (χ4n) is 3.02. The van der Waals surface area contributed by atoms with Gasteiger partial charge in [0.1, 0.15) is 0 Å². The molecule has 0 spiro atoms. The number of anilines is 1. The maximum atomic E-state index is 12.6. The summed E-state index contributed by atoms with van der Waals surface area (Å²) in [7, 11) is 0. The van der Waals surface area contributed by atoms with Crippen LogP contribution in [0.3, 0.4) is 0 Å². The second-order valence-corrected chi connectivity index (χ2v) is 7.76. The fourth-order valence-corrected chi connectivity index (χ4v) is 3.22. The van der Waals surface area contributed by atoms with E-state index < -0.39 is 0 Å². The molecule has 1 atom stereocenters. The van der Waals surface area contributed by atoms with E-state index in [1.54, 1.807) is 0 Å². The molecule has 2 rings (SSSR count). The van der Waals surface area contributed by atoms with Crippen LogP contribution in [0.1, 0.15) is 69.2 Å². The van der Waals surface area contributed by atoms with Gasteiger partial charge in [0.25, 0.3) is 0 Å². The number of rotatable bonds is 7. The van der Waals surface area contributed by atoms with E-state index in [4.69, 9.17) is 11.6 Å². The second-order valence-electron chi connectivity index (χ2n) is 7.33. The van der Waals surface area contributed by atoms with Gasteiger partial charge in [0, 0.05) is 16.8 Å². The molecule has 2 N–H and O–H groups in total. The molecule has 2 aromatic rings. The molecule has 1 amide bonds. The fraction of sp³-hybridized carbons (Fsp3) is 0.409. The molecule has 0 radical (unpaired) electrons. The van der Waals surface area contributed by atoms with Crippen molar-refractivity contribution in [1.82, 2.24) is 5.32 Å². The predicted octanol–water partition coefficient (Wildman–Crippen LogP) is 5.88. The lowest BCUT2D eigenvalue weighted by Gasteiger charge is -2.21. The first-order chi connectivity index (χ1) is 12.3. The third kappa shape index (κ3) is 5.33. The highest BCUT2D eigenvalue weighted by Crippen LogP contribution is 2.32. The summed E-state index contributed by atoms with van der Waals surface area (Å²) in [4.78, 5) is 12.6. The van der Waals surface area contributed by atoms with E-state index in [9.17, 15) is 4.79 Å². The van der Waals surface area contributed by atoms with Crippen LogP contribution >= 0.6 is 11.6 Å². The van der Waals surface area contributed by atoms with Gasteiger partial charge in [-0.2, -0.15) is 0 Å². The number of para-hydroxylation sites is 1. The van der Waals surface area contributed by atoms with Crippen molar-refractivity contribution in [2.75, 3.05) is 11.9 Å². The van der Waals surface area contributed by atoms with Crippen LogP contribution in [0.15, 0.2) is 42.5 Å². The van der Waals surface area contributed by atoms with Crippen LogP contribution in [0.2, 0.25) is 5.02 Å². The zero-order valence-corrected chi connectivity index (χ0v) is 17.0. The Kier molecular flexibility index (Phi) is 7.24. The highest BCUT2D eigenvalue weighted by molar-refractivity contribution is 6.30. The molecule has 4 heteroatoms. The highest BCUT2D eigenvalue weighted by atomic mass is 35.5. The van der Waals surface area contributed by atoms with Crippen LogP contribution in [0.5, 0.6) is 0 Å². The van der Waals surface area contributed by atoms with Crippen LogP contribution in [0.25, 0.3) is 0 Å². The largest absolute Gasteiger partial charge is 0.324 e. The molecule has 0 saturated heterocycles. The van der Waals surface area contributed by atoms with Gasteiger partial charge in [-0.05, 0) is 47.6 Å². The normalized spacial score (nSPS) is 12.5. The van der Waals surface area contributed by atoms with Crippen molar-refractivity contribution in [2.45, 2.75) is 52.5 Å². The van der Waals surface area contributed by atoms with Crippen LogP contribution in [-0.2, 0) is 4.79 Å². The third-order valence-corrected chi connectivity index (χ3v) is 4.79. The van der Waals surface area contributed by atoms with Gasteiger partial charge in [0.2, 0.25) is 5.91 Å². The van der Waals surface area contributed by atoms with Crippen molar-refractivity contribution in [3.05, 3.63) is 64.2 Å². The van der Waals surface area contributed by atoms with Gasteiger partial charge in [-0.1, -0.05) is 69.6 Å². The Bertz CT molecular complexity index is 729. The van der Waals surface area contributed by atoms with Crippen LogP contribution < -0.4 is 10.6 Å². The number of benzene rings is 2. The number of hydrogen-bond donors (Lipinski definition) is 2. The van der Waals surface area contributed by atoms with E-state index >= 15 is 0 Å². The van der Waals surface area contributed by atoms with Gasteiger partial charge in [-0.25, -0.2) is 0 Å². The van der Waals surface area contributed by atoms with Crippen molar-refractivity contribution in [1.29, 1.82) is 0 Å². The lowest BCUT2D eigenvalue weighted by Crippen LogP contribution is -2.30. The van der Waals surface area contributed by atoms with Crippen molar-refractivity contribution in [2.24, 2.45) is 0 Å². The number of carbonyl (C=O) groups is 1. The smallest absolute Gasteiger partial charge is 0.238 e. The first kappa shape index (κ1) is 20.5. The van der Waals surface area contributed by atoms with E-state index in [1.165, 1.54) is 11.1 Å². The van der Waals surface area contributed by atoms with Crippen molar-refractivity contribution in [3.8, 4) is 0 Å². The lowest BCUT2D eigenvalue weighted by atomic mass is 9.92. The Morgan fingerprint density at radius 2 is 1.54 bits per heavy atom. The maximum absolute atomic E-state index is 12.6. The third-order valence-electron chi connectivity index (χ3n) is 4.55. The zero-order chi connectivity index (χ0) is 19.3. The minimum Gasteiger partial charge on any atom is -0.324 e. The average molecular weight is 373 g/mol. The molecule has 0 aliphatic rings. The van der Waals surface area contributed by atoms with E-state index in [0.29, 0.717) is 16.9 Å². The molecular weight excluding hydrogens is 344 g/mol. The molecule has 3 nitrogen and oxygen atoms in total. The van der Waals surface area contributed by atoms with Crippen molar-refractivity contribution in [3.63, 3.8) is 0 Å². The molecule has 0 unspecified atom stereocenters. The van der Waals surface area contributed by atoms with Gasteiger partial charge in [-0.3, -0.25) is 4.79 Å². The molecule has 0 aromatic heterocycles. The molecular formula is C22H29ClN2O. The van der Waals surface area contributed by atoms with E-state index in [1.807, 2.05) is 31.2 Å². The summed E-state index contributed by atoms with van der Waals surface area (Å²) in [6.45, 7) is 10.9. The summed E-state index contributed by atoms with van der Waals surface area (Å²) in [6, 6.07) is 14.0. The summed E-state index contributed by atoms with van der Waals surface area (Å²) >= 11 is 6.05. The van der Waals surface area contributed by atoms with Crippen LogP contribution in [0.4, 0.5) is 5.69 Å². The Morgan fingerprint density at radius 3 is 2.08 bits per heavy atom. The molecule has 0 aliphatic heterocycles. The summed E-state index contributed by atoms with van der Waals surface area (Å²) < 4.78 is 0. The van der Waals surface area contributed by atoms with Gasteiger partial charge in [0.15, 0.2) is 0 Å². The minimum atomic E-state index is -0.0334. The molecule has 26 heavy (non-hydrogen) atoms. The minimum absolute atomic E-state index is 0.0334. The number of hydrogen-bond acceptors (Lipinski definition) is 2. The number of carbonyl (C=O) groups excluding carboxylic acids is 1. The number of nitrogens with one attached hydrogen (secondary N) is 2. The molecule has 0 fully saturated rings. The monoisotopic (exact) mass is 372 g/mol. The maximum Gasteiger partial charge on any atom is 0.238 e. The van der Waals surface area contributed by atoms with Crippen molar-refractivity contribution >= 4 is 23.2 Å². The Morgan fingerprint density at radius 1 is 0.962 bits per heavy atom. The molecule has 0 heterocycles. The predicted molar refractivity (Wildman–Crippen MR) is 111 cm³/mol. The lowest BCUT2D eigenvalue weighted by molar-refractivity contribution is -0.115. The summed E-state index contributed by atoms with van der Waals surface area (Å²) in [5.41, 5.74) is 4.37. The standard InChI is InChI=1S/C22H29ClN2O/c1-14(2)19-10-7-11-20(15(3)4)22(19)25-21(26)13-24-16(5)17-8-6-9-18(23)12-17/h6-12,14-16,24H,13H2,1-5H3,(H,25,26)/t16-/m0/s1. The summed E-state index contributed by atoms with van der Waals surface area (Å²) in [5, 5.41) is 7.11. The number of halogens is 1. The Hall–Kier alpha value is -1.84. The summed E-state index contributed by atoms with van der Waals surface area (Å²) in [5.74, 6) is 0.665. The quantitative estimate of drug-likeness (QED) is 0.637. The SMILES string of the molecule is CC(C)c1cccc(C(C)C)c1NC(=O)CN[C@@H](C)c1cccc(Cl)c1. The average Bonchev–Trinajstić information content (AvgIpc) is 2.59. The number of amides is 1. The first-order valence-electron chi connectivity index (χ1n) is 9.21. The molecule has 2 aromatic carbocycles. The first-order valence-corrected chi connectivity index (χ1v) is 9.59. The van der Waals surface area contributed by atoms with Gasteiger partial charge in [-0.15, -0.1) is 0 Å². The highest BCUT2D eigenvalue weighted by Gasteiger charge is 2.16. The zero-order valence-electron chi connectivity index (χ0n) is 16.3. The Balaban J connectivity index is 2.08.